The molecule has 2 fully saturated rings. The zero-order valence-corrected chi connectivity index (χ0v) is 8.18. The van der Waals surface area contributed by atoms with Crippen LogP contribution in [0.4, 0.5) is 0 Å². The second-order valence-corrected chi connectivity index (χ2v) is 4.78. The Morgan fingerprint density at radius 3 is 2.33 bits per heavy atom. The molecule has 0 aliphatic heterocycles. The van der Waals surface area contributed by atoms with Gasteiger partial charge in [-0.1, -0.05) is 26.2 Å². The lowest BCUT2D eigenvalue weighted by Gasteiger charge is -2.22. The minimum absolute atomic E-state index is 0.556. The summed E-state index contributed by atoms with van der Waals surface area (Å²) in [4.78, 5) is 0. The molecule has 2 atom stereocenters. The van der Waals surface area contributed by atoms with Gasteiger partial charge >= 0.3 is 0 Å². The van der Waals surface area contributed by atoms with Crippen molar-refractivity contribution in [2.45, 2.75) is 57.9 Å². The number of nitrogens with two attached hydrogens (primary N) is 1. The number of hydrogen-bond donors (Lipinski definition) is 1. The maximum absolute atomic E-state index is 6.07. The van der Waals surface area contributed by atoms with E-state index in [1.54, 1.807) is 0 Å². The lowest BCUT2D eigenvalue weighted by molar-refractivity contribution is 0.280. The number of hydrogen-bond acceptors (Lipinski definition) is 1. The van der Waals surface area contributed by atoms with Crippen LogP contribution in [0.1, 0.15) is 51.9 Å². The van der Waals surface area contributed by atoms with Crippen molar-refractivity contribution in [3.63, 3.8) is 0 Å². The van der Waals surface area contributed by atoms with Crippen LogP contribution in [0.3, 0.4) is 0 Å². The van der Waals surface area contributed by atoms with Gasteiger partial charge in [-0.05, 0) is 37.0 Å². The average molecular weight is 167 g/mol. The Balaban J connectivity index is 1.98. The summed E-state index contributed by atoms with van der Waals surface area (Å²) in [5, 5.41) is 0. The molecule has 2 N–H and O–H groups in total. The van der Waals surface area contributed by atoms with Crippen LogP contribution in [0.25, 0.3) is 0 Å². The SMILES string of the molecule is CCCC1(C2CCCC2)CC1N. The van der Waals surface area contributed by atoms with Crippen molar-refractivity contribution in [1.29, 1.82) is 0 Å². The molecule has 2 aliphatic rings. The first-order valence-corrected chi connectivity index (χ1v) is 5.55. The fourth-order valence-corrected chi connectivity index (χ4v) is 3.28. The first-order chi connectivity index (χ1) is 5.79. The summed E-state index contributed by atoms with van der Waals surface area (Å²) in [5.74, 6) is 0.993. The Bertz CT molecular complexity index is 160. The van der Waals surface area contributed by atoms with E-state index in [1.165, 1.54) is 44.9 Å². The zero-order chi connectivity index (χ0) is 8.60. The van der Waals surface area contributed by atoms with Crippen molar-refractivity contribution in [2.24, 2.45) is 17.1 Å². The molecule has 0 saturated heterocycles. The van der Waals surface area contributed by atoms with Gasteiger partial charge in [-0.15, -0.1) is 0 Å². The van der Waals surface area contributed by atoms with Crippen LogP contribution in [-0.4, -0.2) is 6.04 Å². The molecular weight excluding hydrogens is 146 g/mol. The molecule has 0 aromatic rings. The monoisotopic (exact) mass is 167 g/mol. The van der Waals surface area contributed by atoms with E-state index >= 15 is 0 Å². The van der Waals surface area contributed by atoms with Crippen LogP contribution in [0.2, 0.25) is 0 Å². The molecule has 0 bridgehead atoms. The standard InChI is InChI=1S/C11H21N/c1-2-7-11(8-10(11)12)9-5-3-4-6-9/h9-10H,2-8,12H2,1H3. The highest BCUT2D eigenvalue weighted by Crippen LogP contribution is 2.58. The fourth-order valence-electron chi connectivity index (χ4n) is 3.28. The van der Waals surface area contributed by atoms with Crippen molar-refractivity contribution in [3.05, 3.63) is 0 Å². The lowest BCUT2D eigenvalue weighted by atomic mass is 9.83. The van der Waals surface area contributed by atoms with Gasteiger partial charge < -0.3 is 5.73 Å². The van der Waals surface area contributed by atoms with E-state index in [0.717, 1.165) is 5.92 Å². The third-order valence-electron chi connectivity index (χ3n) is 4.06. The summed E-state index contributed by atoms with van der Waals surface area (Å²) in [6.45, 7) is 2.29. The molecule has 0 radical (unpaired) electrons. The molecule has 1 heteroatoms. The fraction of sp³-hybridized carbons (Fsp3) is 1.00. The molecule has 70 valence electrons. The Labute approximate surface area is 75.7 Å². The van der Waals surface area contributed by atoms with Gasteiger partial charge in [-0.25, -0.2) is 0 Å². The van der Waals surface area contributed by atoms with Gasteiger partial charge in [0, 0.05) is 6.04 Å². The van der Waals surface area contributed by atoms with Crippen molar-refractivity contribution >= 4 is 0 Å². The van der Waals surface area contributed by atoms with Crippen molar-refractivity contribution in [2.75, 3.05) is 0 Å². The quantitative estimate of drug-likeness (QED) is 0.687. The van der Waals surface area contributed by atoms with Crippen LogP contribution < -0.4 is 5.73 Å². The van der Waals surface area contributed by atoms with Gasteiger partial charge in [0.25, 0.3) is 0 Å². The molecule has 0 heterocycles. The van der Waals surface area contributed by atoms with Gasteiger partial charge in [0.05, 0.1) is 0 Å². The van der Waals surface area contributed by atoms with E-state index in [1.807, 2.05) is 0 Å². The molecule has 1 nitrogen and oxygen atoms in total. The Hall–Kier alpha value is -0.0400. The summed E-state index contributed by atoms with van der Waals surface area (Å²) >= 11 is 0. The summed E-state index contributed by atoms with van der Waals surface area (Å²) < 4.78 is 0. The van der Waals surface area contributed by atoms with E-state index in [0.29, 0.717) is 11.5 Å². The highest BCUT2D eigenvalue weighted by Gasteiger charge is 2.55. The maximum Gasteiger partial charge on any atom is 0.0105 e. The first kappa shape index (κ1) is 8.55. The normalized spacial score (nSPS) is 42.0. The van der Waals surface area contributed by atoms with E-state index in [-0.39, 0.29) is 0 Å². The topological polar surface area (TPSA) is 26.0 Å². The minimum Gasteiger partial charge on any atom is -0.327 e. The number of rotatable bonds is 3. The average Bonchev–Trinajstić information content (AvgIpc) is 2.56. The maximum atomic E-state index is 6.07. The van der Waals surface area contributed by atoms with Gasteiger partial charge in [-0.3, -0.25) is 0 Å². The van der Waals surface area contributed by atoms with Crippen LogP contribution in [-0.2, 0) is 0 Å². The van der Waals surface area contributed by atoms with Crippen molar-refractivity contribution in [3.8, 4) is 0 Å². The molecule has 0 spiro atoms. The Kier molecular flexibility index (Phi) is 2.16. The summed E-state index contributed by atoms with van der Waals surface area (Å²) in [7, 11) is 0. The van der Waals surface area contributed by atoms with Crippen molar-refractivity contribution in [1.82, 2.24) is 0 Å². The van der Waals surface area contributed by atoms with E-state index in [2.05, 4.69) is 6.92 Å². The molecule has 2 rings (SSSR count). The van der Waals surface area contributed by atoms with Crippen LogP contribution in [0.15, 0.2) is 0 Å². The van der Waals surface area contributed by atoms with E-state index in [4.69, 9.17) is 5.73 Å². The lowest BCUT2D eigenvalue weighted by Crippen LogP contribution is -2.21. The van der Waals surface area contributed by atoms with E-state index in [9.17, 15) is 0 Å². The third-order valence-corrected chi connectivity index (χ3v) is 4.06. The largest absolute Gasteiger partial charge is 0.327 e. The van der Waals surface area contributed by atoms with Crippen LogP contribution in [0.5, 0.6) is 0 Å². The summed E-state index contributed by atoms with van der Waals surface area (Å²) in [6, 6.07) is 0.556. The van der Waals surface area contributed by atoms with E-state index < -0.39 is 0 Å². The highest BCUT2D eigenvalue weighted by atomic mass is 14.8. The zero-order valence-electron chi connectivity index (χ0n) is 8.18. The van der Waals surface area contributed by atoms with Gasteiger partial charge in [0.15, 0.2) is 0 Å². The summed E-state index contributed by atoms with van der Waals surface area (Å²) in [6.07, 6.45) is 9.89. The molecule has 2 saturated carbocycles. The molecule has 0 aromatic heterocycles. The highest BCUT2D eigenvalue weighted by molar-refractivity contribution is 5.09. The molecule has 2 unspecified atom stereocenters. The molecular formula is C11H21N. The van der Waals surface area contributed by atoms with Gasteiger partial charge in [0.2, 0.25) is 0 Å². The van der Waals surface area contributed by atoms with Crippen LogP contribution >= 0.6 is 0 Å². The van der Waals surface area contributed by atoms with Gasteiger partial charge in [-0.2, -0.15) is 0 Å². The Morgan fingerprint density at radius 2 is 1.92 bits per heavy atom. The smallest absolute Gasteiger partial charge is 0.0105 e. The molecule has 12 heavy (non-hydrogen) atoms. The molecule has 2 aliphatic carbocycles. The minimum atomic E-state index is 0.556. The van der Waals surface area contributed by atoms with Crippen LogP contribution in [0, 0.1) is 11.3 Å². The Morgan fingerprint density at radius 1 is 1.33 bits per heavy atom. The summed E-state index contributed by atoms with van der Waals surface area (Å²) in [5.41, 5.74) is 6.68. The predicted octanol–water partition coefficient (Wildman–Crippen LogP) is 2.69. The second kappa shape index (κ2) is 3.02. The second-order valence-electron chi connectivity index (χ2n) is 4.78. The molecule has 0 aromatic carbocycles. The first-order valence-electron chi connectivity index (χ1n) is 5.55. The third kappa shape index (κ3) is 1.19. The predicted molar refractivity (Wildman–Crippen MR) is 51.9 cm³/mol. The van der Waals surface area contributed by atoms with Gasteiger partial charge in [0.1, 0.15) is 0 Å². The van der Waals surface area contributed by atoms with Crippen molar-refractivity contribution < 1.29 is 0 Å². The molecule has 0 amide bonds.